The number of benzene rings is 3. The Bertz CT molecular complexity index is 1440. The molecule has 0 aliphatic heterocycles. The van der Waals surface area contributed by atoms with Crippen LogP contribution in [0.5, 0.6) is 0 Å². The molecule has 8 nitrogen and oxygen atoms in total. The van der Waals surface area contributed by atoms with Gasteiger partial charge in [0.2, 0.25) is 5.91 Å². The highest BCUT2D eigenvalue weighted by Gasteiger charge is 2.11. The Morgan fingerprint density at radius 2 is 1.56 bits per heavy atom. The highest BCUT2D eigenvalue weighted by molar-refractivity contribution is 5.94. The molecule has 0 saturated heterocycles. The summed E-state index contributed by atoms with van der Waals surface area (Å²) in [5.41, 5.74) is 8.78. The van der Waals surface area contributed by atoms with E-state index >= 15 is 0 Å². The van der Waals surface area contributed by atoms with Crippen molar-refractivity contribution in [3.63, 3.8) is 0 Å². The highest BCUT2D eigenvalue weighted by Crippen LogP contribution is 2.24. The standard InChI is InChI=1S/C28H27F3N6O2/c29-18-7-10-24(23(32)15-18)35-27(38)4-2-1-3-11-33-28(39)26-16-25(36-37-26)17-5-8-21(9-6-17)34-22-13-19(30)12-20(31)14-22/h5-10,12-16,34H,1-4,11,32H2,(H,33,39)(H,35,38)(H,36,37). The molecule has 0 aliphatic rings. The first-order valence-electron chi connectivity index (χ1n) is 12.3. The minimum Gasteiger partial charge on any atom is -0.397 e. The Labute approximate surface area is 222 Å². The monoisotopic (exact) mass is 536 g/mol. The Hall–Kier alpha value is -4.80. The van der Waals surface area contributed by atoms with Crippen LogP contribution in [0.2, 0.25) is 0 Å². The van der Waals surface area contributed by atoms with Gasteiger partial charge in [0, 0.05) is 36.0 Å². The van der Waals surface area contributed by atoms with Crippen LogP contribution in [0.15, 0.2) is 66.7 Å². The van der Waals surface area contributed by atoms with Crippen LogP contribution in [0.1, 0.15) is 36.2 Å². The number of nitrogens with zero attached hydrogens (tertiary/aromatic N) is 1. The number of amides is 2. The zero-order valence-electron chi connectivity index (χ0n) is 20.9. The Balaban J connectivity index is 1.18. The summed E-state index contributed by atoms with van der Waals surface area (Å²) in [6, 6.07) is 15.6. The molecule has 0 atom stereocenters. The molecular weight excluding hydrogens is 509 g/mol. The molecular formula is C28H27F3N6O2. The molecule has 11 heteroatoms. The second-order valence-corrected chi connectivity index (χ2v) is 8.87. The molecule has 4 rings (SSSR count). The number of carbonyl (C=O) groups is 2. The van der Waals surface area contributed by atoms with E-state index in [9.17, 15) is 22.8 Å². The van der Waals surface area contributed by atoms with Gasteiger partial charge < -0.3 is 21.7 Å². The predicted octanol–water partition coefficient (Wildman–Crippen LogP) is 5.75. The number of anilines is 4. The van der Waals surface area contributed by atoms with E-state index in [1.165, 1.54) is 24.3 Å². The quantitative estimate of drug-likeness (QED) is 0.123. The van der Waals surface area contributed by atoms with Crippen LogP contribution in [-0.4, -0.2) is 28.6 Å². The molecule has 0 fully saturated rings. The summed E-state index contributed by atoms with van der Waals surface area (Å²) in [5, 5.41) is 15.3. The molecule has 0 spiro atoms. The minimum atomic E-state index is -0.673. The lowest BCUT2D eigenvalue weighted by atomic mass is 10.1. The number of nitrogens with two attached hydrogens (primary N) is 1. The molecule has 202 valence electrons. The molecule has 0 radical (unpaired) electrons. The van der Waals surface area contributed by atoms with Gasteiger partial charge in [0.25, 0.3) is 5.91 Å². The number of nitrogens with one attached hydrogen (secondary N) is 4. The summed E-state index contributed by atoms with van der Waals surface area (Å²) in [6.45, 7) is 0.431. The van der Waals surface area contributed by atoms with Crippen LogP contribution >= 0.6 is 0 Å². The summed E-state index contributed by atoms with van der Waals surface area (Å²) in [6.07, 6.45) is 2.31. The number of halogens is 3. The van der Waals surface area contributed by atoms with E-state index in [1.54, 1.807) is 30.3 Å². The second kappa shape index (κ2) is 12.6. The Kier molecular flexibility index (Phi) is 8.82. The fraction of sp³-hybridized carbons (Fsp3) is 0.179. The molecule has 0 unspecified atom stereocenters. The zero-order chi connectivity index (χ0) is 27.8. The number of rotatable bonds is 11. The average molecular weight is 537 g/mol. The van der Waals surface area contributed by atoms with Crippen LogP contribution in [-0.2, 0) is 4.79 Å². The van der Waals surface area contributed by atoms with E-state index < -0.39 is 17.5 Å². The van der Waals surface area contributed by atoms with E-state index in [1.807, 2.05) is 0 Å². The van der Waals surface area contributed by atoms with Crippen molar-refractivity contribution < 1.29 is 22.8 Å². The van der Waals surface area contributed by atoms with Crippen LogP contribution in [0, 0.1) is 17.5 Å². The summed E-state index contributed by atoms with van der Waals surface area (Å²) in [7, 11) is 0. The molecule has 0 saturated carbocycles. The molecule has 6 N–H and O–H groups in total. The number of unbranched alkanes of at least 4 members (excludes halogenated alkanes) is 2. The lowest BCUT2D eigenvalue weighted by molar-refractivity contribution is -0.116. The Morgan fingerprint density at radius 1 is 0.821 bits per heavy atom. The van der Waals surface area contributed by atoms with E-state index in [0.717, 1.165) is 24.1 Å². The van der Waals surface area contributed by atoms with Gasteiger partial charge in [-0.05, 0) is 61.4 Å². The van der Waals surface area contributed by atoms with Crippen LogP contribution in [0.25, 0.3) is 11.3 Å². The maximum atomic E-state index is 13.4. The molecule has 1 heterocycles. The van der Waals surface area contributed by atoms with E-state index in [2.05, 4.69) is 26.1 Å². The number of hydrogen-bond acceptors (Lipinski definition) is 5. The normalized spacial score (nSPS) is 10.7. The number of aromatic nitrogens is 2. The van der Waals surface area contributed by atoms with E-state index in [4.69, 9.17) is 5.73 Å². The maximum Gasteiger partial charge on any atom is 0.269 e. The predicted molar refractivity (Wildman–Crippen MR) is 144 cm³/mol. The van der Waals surface area contributed by atoms with Gasteiger partial charge in [-0.1, -0.05) is 18.6 Å². The molecule has 0 aliphatic carbocycles. The van der Waals surface area contributed by atoms with Crippen molar-refractivity contribution >= 4 is 34.6 Å². The highest BCUT2D eigenvalue weighted by atomic mass is 19.1. The molecule has 4 aromatic rings. The van der Waals surface area contributed by atoms with Gasteiger partial charge in [-0.15, -0.1) is 0 Å². The summed E-state index contributed by atoms with van der Waals surface area (Å²) in [5.74, 6) is -2.33. The van der Waals surface area contributed by atoms with Gasteiger partial charge in [-0.2, -0.15) is 5.10 Å². The smallest absolute Gasteiger partial charge is 0.269 e. The van der Waals surface area contributed by atoms with Crippen molar-refractivity contribution in [3.05, 3.63) is 89.9 Å². The van der Waals surface area contributed by atoms with Crippen molar-refractivity contribution in [1.82, 2.24) is 15.5 Å². The molecule has 39 heavy (non-hydrogen) atoms. The van der Waals surface area contributed by atoms with Crippen molar-refractivity contribution in [3.8, 4) is 11.3 Å². The number of aromatic amines is 1. The second-order valence-electron chi connectivity index (χ2n) is 8.87. The zero-order valence-corrected chi connectivity index (χ0v) is 20.9. The summed E-state index contributed by atoms with van der Waals surface area (Å²) < 4.78 is 39.9. The third-order valence-corrected chi connectivity index (χ3v) is 5.81. The van der Waals surface area contributed by atoms with Crippen molar-refractivity contribution in [2.45, 2.75) is 25.7 Å². The molecule has 3 aromatic carbocycles. The van der Waals surface area contributed by atoms with E-state index in [-0.39, 0.29) is 29.6 Å². The van der Waals surface area contributed by atoms with Crippen molar-refractivity contribution in [2.75, 3.05) is 22.9 Å². The summed E-state index contributed by atoms with van der Waals surface area (Å²) in [4.78, 5) is 24.5. The number of hydrogen-bond donors (Lipinski definition) is 5. The fourth-order valence-corrected chi connectivity index (χ4v) is 3.85. The van der Waals surface area contributed by atoms with Crippen molar-refractivity contribution in [1.29, 1.82) is 0 Å². The lowest BCUT2D eigenvalue weighted by Crippen LogP contribution is -2.24. The van der Waals surface area contributed by atoms with Crippen LogP contribution in [0.3, 0.4) is 0 Å². The number of H-pyrrole nitrogens is 1. The fourth-order valence-electron chi connectivity index (χ4n) is 3.85. The van der Waals surface area contributed by atoms with Crippen LogP contribution < -0.4 is 21.7 Å². The number of nitrogen functional groups attached to an aromatic ring is 1. The third kappa shape index (κ3) is 7.84. The first kappa shape index (κ1) is 27.2. The maximum absolute atomic E-state index is 13.4. The largest absolute Gasteiger partial charge is 0.397 e. The van der Waals surface area contributed by atoms with E-state index in [0.29, 0.717) is 42.1 Å². The van der Waals surface area contributed by atoms with Gasteiger partial charge in [-0.25, -0.2) is 13.2 Å². The van der Waals surface area contributed by atoms with Gasteiger partial charge in [0.15, 0.2) is 0 Å². The number of carbonyl (C=O) groups excluding carboxylic acids is 2. The first-order valence-corrected chi connectivity index (χ1v) is 12.3. The minimum absolute atomic E-state index is 0.167. The average Bonchev–Trinajstić information content (AvgIpc) is 3.38. The SMILES string of the molecule is Nc1cc(F)ccc1NC(=O)CCCCCNC(=O)c1cc(-c2ccc(Nc3cc(F)cc(F)c3)cc2)n[nH]1. The molecule has 0 bridgehead atoms. The third-order valence-electron chi connectivity index (χ3n) is 5.81. The molecule has 1 aromatic heterocycles. The van der Waals surface area contributed by atoms with Gasteiger partial charge in [-0.3, -0.25) is 14.7 Å². The van der Waals surface area contributed by atoms with Crippen molar-refractivity contribution in [2.24, 2.45) is 0 Å². The molecule has 2 amide bonds. The summed E-state index contributed by atoms with van der Waals surface area (Å²) >= 11 is 0. The van der Waals surface area contributed by atoms with Gasteiger partial charge in [0.05, 0.1) is 17.1 Å². The van der Waals surface area contributed by atoms with Gasteiger partial charge in [0.1, 0.15) is 23.1 Å². The topological polar surface area (TPSA) is 125 Å². The first-order chi connectivity index (χ1) is 18.8. The van der Waals surface area contributed by atoms with Crippen LogP contribution in [0.4, 0.5) is 35.9 Å². The lowest BCUT2D eigenvalue weighted by Gasteiger charge is -2.08. The van der Waals surface area contributed by atoms with Gasteiger partial charge >= 0.3 is 0 Å². The Morgan fingerprint density at radius 3 is 2.28 bits per heavy atom.